The lowest BCUT2D eigenvalue weighted by atomic mass is 9.94. The van der Waals surface area contributed by atoms with Crippen molar-refractivity contribution in [2.75, 3.05) is 0 Å². The Morgan fingerprint density at radius 1 is 0.246 bits per heavy atom. The highest BCUT2D eigenvalue weighted by atomic mass is 32.1. The van der Waals surface area contributed by atoms with Gasteiger partial charge in [-0.15, -0.1) is 45.3 Å². The summed E-state index contributed by atoms with van der Waals surface area (Å²) in [6.07, 6.45) is 10.2. The van der Waals surface area contributed by atoms with E-state index in [0.717, 1.165) is 109 Å². The molecule has 0 bridgehead atoms. The van der Waals surface area contributed by atoms with E-state index in [1.54, 1.807) is 184 Å². The van der Waals surface area contributed by atoms with E-state index in [-0.39, 0.29) is 91.4 Å². The third-order valence-electron chi connectivity index (χ3n) is 20.2. The van der Waals surface area contributed by atoms with Crippen LogP contribution in [0.3, 0.4) is 0 Å². The topological polar surface area (TPSA) is 379 Å². The van der Waals surface area contributed by atoms with Crippen LogP contribution in [0.15, 0.2) is 255 Å². The van der Waals surface area contributed by atoms with Crippen LogP contribution in [0.5, 0.6) is 46.0 Å². The van der Waals surface area contributed by atoms with Gasteiger partial charge in [-0.3, -0.25) is 19.2 Å². The minimum absolute atomic E-state index is 0.0621. The summed E-state index contributed by atoms with van der Waals surface area (Å²) in [6.45, 7) is 11.0. The van der Waals surface area contributed by atoms with Gasteiger partial charge in [0, 0.05) is 86.9 Å². The lowest BCUT2D eigenvalue weighted by Crippen LogP contribution is -2.04. The standard InChI is InChI=1S/2C26H20O5S.2C25H18O5S/c2*1-14-11-15(2)23(20(28)12-14)25(31)26-24(19-9-8-18(27)13-21(19)32-26)17-6-3-16(4-7-17)5-10-22(29)30;2*1-14-2-9-18(20(27)12-14)24(30)25-23(19-10-8-17(26)13-21(19)31-25)16-6-3-15(4-7-16)5-11-22(28)29/h2*3-13,27-28H,1-2H3,(H,29,30);2*2-13,26-27H,1H3,(H,28,29)/b2*10-5+;2*11-5+. The lowest BCUT2D eigenvalue weighted by Gasteiger charge is -2.10. The maximum atomic E-state index is 13.6. The van der Waals surface area contributed by atoms with Gasteiger partial charge in [0.25, 0.3) is 0 Å². The number of carbonyl (C=O) groups excluding carboxylic acids is 4. The minimum atomic E-state index is -1.03. The van der Waals surface area contributed by atoms with Gasteiger partial charge in [-0.25, -0.2) is 19.2 Å². The van der Waals surface area contributed by atoms with Crippen LogP contribution in [-0.2, 0) is 19.2 Å². The Labute approximate surface area is 735 Å². The second-order valence-electron chi connectivity index (χ2n) is 29.4. The molecule has 20 nitrogen and oxygen atoms in total. The number of thiophene rings is 4. The van der Waals surface area contributed by atoms with Crippen LogP contribution >= 0.6 is 45.3 Å². The monoisotopic (exact) mass is 1750 g/mol. The number of aliphatic carboxylic acids is 4. The Morgan fingerprint density at radius 2 is 0.476 bits per heavy atom. The summed E-state index contributed by atoms with van der Waals surface area (Å²) in [5.74, 6) is -5.16. The molecule has 0 radical (unpaired) electrons. The fraction of sp³-hybridized carbons (Fsp3) is 0.0588. The highest BCUT2D eigenvalue weighted by Gasteiger charge is 2.30. The van der Waals surface area contributed by atoms with E-state index < -0.39 is 23.9 Å². The zero-order valence-electron chi connectivity index (χ0n) is 67.8. The number of fused-ring (bicyclic) bond motifs is 4. The van der Waals surface area contributed by atoms with E-state index in [9.17, 15) is 79.2 Å². The quantitative estimate of drug-likeness (QED) is 0.0249. The number of hydrogen-bond donors (Lipinski definition) is 12. The normalized spacial score (nSPS) is 11.3. The van der Waals surface area contributed by atoms with Crippen molar-refractivity contribution >= 4 is 157 Å². The van der Waals surface area contributed by atoms with Gasteiger partial charge >= 0.3 is 23.9 Å². The fourth-order valence-electron chi connectivity index (χ4n) is 14.5. The van der Waals surface area contributed by atoms with E-state index in [1.807, 2.05) is 88.4 Å². The van der Waals surface area contributed by atoms with E-state index in [2.05, 4.69) is 0 Å². The molecule has 16 aromatic rings. The number of carboxylic acid groups (broad SMARTS) is 4. The molecule has 12 N–H and O–H groups in total. The van der Waals surface area contributed by atoms with Crippen LogP contribution in [0, 0.1) is 41.5 Å². The molecule has 0 aliphatic rings. The number of aryl methyl sites for hydroxylation is 6. The molecule has 4 aromatic heterocycles. The van der Waals surface area contributed by atoms with Gasteiger partial charge in [0.1, 0.15) is 46.0 Å². The summed E-state index contributed by atoms with van der Waals surface area (Å²) in [7, 11) is 0. The molecule has 0 amide bonds. The zero-order chi connectivity index (χ0) is 90.2. The number of hydrogen-bond acceptors (Lipinski definition) is 20. The molecule has 0 spiro atoms. The summed E-state index contributed by atoms with van der Waals surface area (Å²) in [5.41, 5.74) is 14.6. The van der Waals surface area contributed by atoms with Crippen molar-refractivity contribution in [2.45, 2.75) is 41.5 Å². The van der Waals surface area contributed by atoms with Gasteiger partial charge in [0.05, 0.1) is 41.8 Å². The molecule has 126 heavy (non-hydrogen) atoms. The van der Waals surface area contributed by atoms with Crippen molar-refractivity contribution in [1.29, 1.82) is 0 Å². The average Bonchev–Trinajstić information content (AvgIpc) is 1.63. The van der Waals surface area contributed by atoms with Gasteiger partial charge < -0.3 is 61.3 Å². The first kappa shape index (κ1) is 88.2. The molecule has 12 aromatic carbocycles. The van der Waals surface area contributed by atoms with Gasteiger partial charge in [0.15, 0.2) is 0 Å². The second kappa shape index (κ2) is 37.8. The van der Waals surface area contributed by atoms with Crippen molar-refractivity contribution < 1.29 is 99.6 Å². The first-order valence-corrected chi connectivity index (χ1v) is 41.9. The van der Waals surface area contributed by atoms with Crippen molar-refractivity contribution in [2.24, 2.45) is 0 Å². The average molecular weight is 1750 g/mol. The molecule has 0 saturated carbocycles. The molecule has 0 aliphatic carbocycles. The number of carboxylic acids is 4. The molecule has 0 saturated heterocycles. The van der Waals surface area contributed by atoms with Crippen molar-refractivity contribution in [3.63, 3.8) is 0 Å². The van der Waals surface area contributed by atoms with E-state index >= 15 is 0 Å². The molecule has 4 heterocycles. The van der Waals surface area contributed by atoms with Crippen LogP contribution in [0.4, 0.5) is 0 Å². The van der Waals surface area contributed by atoms with E-state index in [4.69, 9.17) is 20.4 Å². The Balaban J connectivity index is 0.000000144. The van der Waals surface area contributed by atoms with Crippen molar-refractivity contribution in [3.8, 4) is 90.5 Å². The summed E-state index contributed by atoms with van der Waals surface area (Å²) < 4.78 is 3.00. The molecule has 16 rings (SSSR count). The van der Waals surface area contributed by atoms with Crippen molar-refractivity contribution in [3.05, 3.63) is 352 Å². The van der Waals surface area contributed by atoms with Gasteiger partial charge in [-0.2, -0.15) is 0 Å². The number of phenols is 8. The maximum Gasteiger partial charge on any atom is 0.328 e. The van der Waals surface area contributed by atoms with E-state index in [1.165, 1.54) is 69.7 Å². The molecule has 24 heteroatoms. The van der Waals surface area contributed by atoms with Crippen LogP contribution in [0.2, 0.25) is 0 Å². The molecular formula is C102H76O20S4. The molecule has 0 atom stereocenters. The second-order valence-corrected chi connectivity index (χ2v) is 33.6. The minimum Gasteiger partial charge on any atom is -0.508 e. The summed E-state index contributed by atoms with van der Waals surface area (Å²) in [6, 6.07) is 65.3. The Hall–Kier alpha value is -15.6. The lowest BCUT2D eigenvalue weighted by molar-refractivity contribution is -0.132. The van der Waals surface area contributed by atoms with E-state index in [0.29, 0.717) is 75.1 Å². The third kappa shape index (κ3) is 19.9. The number of phenolic OH excluding ortho intramolecular Hbond substituents is 8. The first-order valence-electron chi connectivity index (χ1n) is 38.6. The summed E-state index contributed by atoms with van der Waals surface area (Å²) >= 11 is 5.04. The summed E-state index contributed by atoms with van der Waals surface area (Å²) in [4.78, 5) is 98.8. The first-order chi connectivity index (χ1) is 60.1. The van der Waals surface area contributed by atoms with Crippen LogP contribution in [-0.4, -0.2) is 108 Å². The Bertz CT molecular complexity index is 6720. The van der Waals surface area contributed by atoms with Crippen molar-refractivity contribution in [1.82, 2.24) is 0 Å². The smallest absolute Gasteiger partial charge is 0.328 e. The number of rotatable bonds is 20. The van der Waals surface area contributed by atoms with Crippen LogP contribution in [0.25, 0.3) is 109 Å². The predicted molar refractivity (Wildman–Crippen MR) is 497 cm³/mol. The van der Waals surface area contributed by atoms with Gasteiger partial charge in [0.2, 0.25) is 23.1 Å². The number of benzene rings is 12. The van der Waals surface area contributed by atoms with Gasteiger partial charge in [-0.1, -0.05) is 121 Å². The highest BCUT2D eigenvalue weighted by molar-refractivity contribution is 7.23. The maximum absolute atomic E-state index is 13.6. The largest absolute Gasteiger partial charge is 0.508 e. The molecular weight excluding hydrogens is 1670 g/mol. The summed E-state index contributed by atoms with van der Waals surface area (Å²) in [5, 5.41) is 120. The van der Waals surface area contributed by atoms with Crippen LogP contribution < -0.4 is 0 Å². The van der Waals surface area contributed by atoms with Gasteiger partial charge in [-0.05, 0) is 253 Å². The SMILES string of the molecule is Cc1cc(C)c(C(=O)c2sc3cc(O)ccc3c2-c2ccc(/C=C/C(=O)O)cc2)c(O)c1.Cc1cc(C)c(C(=O)c2sc3cc(O)ccc3c2-c2ccc(/C=C/C(=O)O)cc2)c(O)c1.Cc1ccc(C(=O)c2sc3cc(O)ccc3c2-c2ccc(/C=C/C(=O)O)cc2)c(O)c1.Cc1ccc(C(=O)c2sc3cc(O)ccc3c2-c2ccc(/C=C/C(=O)O)cc2)c(O)c1. The van der Waals surface area contributed by atoms with Crippen LogP contribution in [0.1, 0.15) is 117 Å². The molecule has 0 aliphatic heterocycles. The molecule has 0 unspecified atom stereocenters. The number of carbonyl (C=O) groups is 8. The molecule has 0 fully saturated rings. The Kier molecular flexibility index (Phi) is 26.5. The predicted octanol–water partition coefficient (Wildman–Crippen LogP) is 23.1. The highest BCUT2D eigenvalue weighted by Crippen LogP contribution is 2.48. The Morgan fingerprint density at radius 3 is 0.698 bits per heavy atom. The molecule has 628 valence electrons. The zero-order valence-corrected chi connectivity index (χ0v) is 71.1. The third-order valence-corrected chi connectivity index (χ3v) is 24.8. The number of ketones is 4. The fourth-order valence-corrected chi connectivity index (χ4v) is 19.3. The number of aromatic hydroxyl groups is 8.